The van der Waals surface area contributed by atoms with Crippen LogP contribution >= 0.6 is 35.3 Å². The van der Waals surface area contributed by atoms with E-state index in [4.69, 9.17) is 0 Å². The van der Waals surface area contributed by atoms with Gasteiger partial charge in [0.1, 0.15) is 5.78 Å². The van der Waals surface area contributed by atoms with Gasteiger partial charge in [-0.25, -0.2) is 0 Å². The number of nitrogens with one attached hydrogen (secondary N) is 1. The van der Waals surface area contributed by atoms with Crippen molar-refractivity contribution in [1.82, 2.24) is 3.53 Å². The largest absolute Gasteiger partial charge is 0.299 e. The van der Waals surface area contributed by atoms with Crippen molar-refractivity contribution in [2.75, 3.05) is 6.54 Å². The number of Topliss-reactive ketones (excluding diaryl/α,β-unsaturated/α-hetero) is 1. The molecule has 0 spiro atoms. The molecule has 0 aromatic carbocycles. The van der Waals surface area contributed by atoms with Crippen LogP contribution in [0, 0.1) is 0 Å². The third kappa shape index (κ3) is 10.8. The van der Waals surface area contributed by atoms with Gasteiger partial charge in [0, 0.05) is 22.9 Å². The minimum atomic E-state index is 0. The summed E-state index contributed by atoms with van der Waals surface area (Å²) in [4.78, 5) is 9.98. The lowest BCUT2D eigenvalue weighted by Gasteiger charge is -1.82. The van der Waals surface area contributed by atoms with Crippen LogP contribution in [0.3, 0.4) is 0 Å². The van der Waals surface area contributed by atoms with Crippen LogP contribution in [-0.4, -0.2) is 12.3 Å². The van der Waals surface area contributed by atoms with E-state index in [1.807, 2.05) is 22.9 Å². The summed E-state index contributed by atoms with van der Waals surface area (Å²) in [6, 6.07) is 0. The van der Waals surface area contributed by atoms with E-state index in [-0.39, 0.29) is 18.2 Å². The fourth-order valence-corrected chi connectivity index (χ4v) is 0.631. The molecule has 2 nitrogen and oxygen atoms in total. The molecule has 0 amide bonds. The van der Waals surface area contributed by atoms with Crippen molar-refractivity contribution in [1.29, 1.82) is 0 Å². The number of halogens is 2. The van der Waals surface area contributed by atoms with Crippen molar-refractivity contribution in [3.8, 4) is 0 Å². The minimum absolute atomic E-state index is 0. The van der Waals surface area contributed by atoms with Gasteiger partial charge >= 0.3 is 0 Å². The predicted molar refractivity (Wildman–Crippen MR) is 40.0 cm³/mol. The van der Waals surface area contributed by atoms with Gasteiger partial charge < -0.3 is 0 Å². The average Bonchev–Trinajstić information content (AvgIpc) is 1.35. The Morgan fingerprint density at radius 3 is 2.29 bits per heavy atom. The molecule has 0 saturated heterocycles. The van der Waals surface area contributed by atoms with Crippen LogP contribution in [-0.2, 0) is 4.79 Å². The first kappa shape index (κ1) is 10.6. The van der Waals surface area contributed by atoms with Gasteiger partial charge in [0.05, 0.1) is 6.54 Å². The molecule has 0 fully saturated rings. The van der Waals surface area contributed by atoms with Crippen molar-refractivity contribution >= 4 is 41.1 Å². The summed E-state index contributed by atoms with van der Waals surface area (Å²) in [7, 11) is 0. The molecule has 0 bridgehead atoms. The highest BCUT2D eigenvalue weighted by atomic mass is 127. The molecule has 4 heteroatoms. The van der Waals surface area contributed by atoms with Crippen LogP contribution in [0.15, 0.2) is 0 Å². The fraction of sp³-hybridized carbons (Fsp3) is 0.667. The highest BCUT2D eigenvalue weighted by Gasteiger charge is 1.83. The maximum atomic E-state index is 9.98. The van der Waals surface area contributed by atoms with E-state index in [2.05, 4.69) is 3.53 Å². The lowest BCUT2D eigenvalue weighted by atomic mass is 10.5. The zero-order valence-electron chi connectivity index (χ0n) is 3.90. The molecule has 0 saturated carbocycles. The van der Waals surface area contributed by atoms with E-state index in [0.29, 0.717) is 6.54 Å². The Labute approximate surface area is 63.0 Å². The molecule has 1 N–H and O–H groups in total. The molecule has 0 aliphatic rings. The van der Waals surface area contributed by atoms with E-state index < -0.39 is 0 Å². The van der Waals surface area contributed by atoms with Crippen molar-refractivity contribution in [3.05, 3.63) is 0 Å². The van der Waals surface area contributed by atoms with Crippen molar-refractivity contribution in [2.45, 2.75) is 6.92 Å². The van der Waals surface area contributed by atoms with E-state index in [9.17, 15) is 4.79 Å². The monoisotopic (exact) mass is 235 g/mol. The molecule has 0 aliphatic heterocycles. The van der Waals surface area contributed by atoms with Gasteiger partial charge in [-0.1, -0.05) is 0 Å². The van der Waals surface area contributed by atoms with E-state index in [1.165, 1.54) is 0 Å². The Bertz CT molecular complexity index is 58.9. The molecule has 0 aromatic heterocycles. The number of carbonyl (C=O) groups is 1. The standard InChI is InChI=1S/C3H6INO.ClH/c1-3(6)2-5-4;/h5H,2H2,1H3;1H. The fourth-order valence-electron chi connectivity index (χ4n) is 0.0941. The normalized spacial score (nSPS) is 7.14. The Kier molecular flexibility index (Phi) is 10.1. The van der Waals surface area contributed by atoms with Crippen LogP contribution in [0.2, 0.25) is 0 Å². The zero-order chi connectivity index (χ0) is 4.99. The molecule has 0 atom stereocenters. The number of hydrogen-bond acceptors (Lipinski definition) is 2. The third-order valence-corrected chi connectivity index (χ3v) is 0.697. The van der Waals surface area contributed by atoms with Gasteiger partial charge in [-0.05, 0) is 6.92 Å². The second-order valence-electron chi connectivity index (χ2n) is 1.01. The second-order valence-corrected chi connectivity index (χ2v) is 1.78. The maximum Gasteiger partial charge on any atom is 0.144 e. The van der Waals surface area contributed by atoms with Gasteiger partial charge in [-0.3, -0.25) is 8.32 Å². The average molecular weight is 235 g/mol. The van der Waals surface area contributed by atoms with E-state index >= 15 is 0 Å². The molecule has 0 heterocycles. The lowest BCUT2D eigenvalue weighted by molar-refractivity contribution is -0.115. The summed E-state index contributed by atoms with van der Waals surface area (Å²) in [5, 5.41) is 0. The molecular formula is C3H7ClINO. The summed E-state index contributed by atoms with van der Waals surface area (Å²) in [5.41, 5.74) is 0. The Morgan fingerprint density at radius 1 is 1.86 bits per heavy atom. The molecule has 0 radical (unpaired) electrons. The Hall–Kier alpha value is 0.650. The van der Waals surface area contributed by atoms with E-state index in [0.717, 1.165) is 0 Å². The van der Waals surface area contributed by atoms with Crippen molar-refractivity contribution in [2.24, 2.45) is 0 Å². The van der Waals surface area contributed by atoms with Crippen LogP contribution in [0.1, 0.15) is 6.92 Å². The Balaban J connectivity index is 0. The van der Waals surface area contributed by atoms with Crippen LogP contribution < -0.4 is 3.53 Å². The maximum absolute atomic E-state index is 9.98. The molecule has 7 heavy (non-hydrogen) atoms. The summed E-state index contributed by atoms with van der Waals surface area (Å²) < 4.78 is 2.69. The predicted octanol–water partition coefficient (Wildman–Crippen LogP) is 0.937. The quantitative estimate of drug-likeness (QED) is 0.570. The van der Waals surface area contributed by atoms with Gasteiger partial charge in [0.2, 0.25) is 0 Å². The molecule has 44 valence electrons. The number of rotatable bonds is 2. The Morgan fingerprint density at radius 2 is 2.29 bits per heavy atom. The number of hydrogen-bond donors (Lipinski definition) is 1. The van der Waals surface area contributed by atoms with Gasteiger partial charge in [-0.2, -0.15) is 0 Å². The van der Waals surface area contributed by atoms with Gasteiger partial charge in [-0.15, -0.1) is 12.4 Å². The molecule has 0 aliphatic carbocycles. The number of ketones is 1. The van der Waals surface area contributed by atoms with Crippen molar-refractivity contribution in [3.63, 3.8) is 0 Å². The van der Waals surface area contributed by atoms with Crippen LogP contribution in [0.4, 0.5) is 0 Å². The first-order valence-corrected chi connectivity index (χ1v) is 2.68. The van der Waals surface area contributed by atoms with Crippen LogP contribution in [0.25, 0.3) is 0 Å². The van der Waals surface area contributed by atoms with E-state index in [1.54, 1.807) is 6.92 Å². The summed E-state index contributed by atoms with van der Waals surface area (Å²) in [6.45, 7) is 2.02. The lowest BCUT2D eigenvalue weighted by Crippen LogP contribution is -2.08. The zero-order valence-corrected chi connectivity index (χ0v) is 6.88. The molecular weight excluding hydrogens is 228 g/mol. The SMILES string of the molecule is CC(=O)CNI.Cl. The summed E-state index contributed by atoms with van der Waals surface area (Å²) in [5.74, 6) is 0.171. The molecule has 0 rings (SSSR count). The topological polar surface area (TPSA) is 29.1 Å². The van der Waals surface area contributed by atoms with Gasteiger partial charge in [0.25, 0.3) is 0 Å². The summed E-state index contributed by atoms with van der Waals surface area (Å²) in [6.07, 6.45) is 0. The highest BCUT2D eigenvalue weighted by molar-refractivity contribution is 14.1. The number of carbonyl (C=O) groups excluding carboxylic acids is 1. The first-order valence-electron chi connectivity index (χ1n) is 1.60. The van der Waals surface area contributed by atoms with Crippen LogP contribution in [0.5, 0.6) is 0 Å². The van der Waals surface area contributed by atoms with Crippen molar-refractivity contribution < 1.29 is 4.79 Å². The third-order valence-electron chi connectivity index (χ3n) is 0.316. The second kappa shape index (κ2) is 6.65. The van der Waals surface area contributed by atoms with Gasteiger partial charge in [0.15, 0.2) is 0 Å². The minimum Gasteiger partial charge on any atom is -0.299 e. The highest BCUT2D eigenvalue weighted by Crippen LogP contribution is 1.68. The smallest absolute Gasteiger partial charge is 0.144 e. The summed E-state index contributed by atoms with van der Waals surface area (Å²) >= 11 is 1.93. The molecule has 0 unspecified atom stereocenters. The molecule has 0 aromatic rings. The first-order chi connectivity index (χ1) is 2.77.